The molecule has 3 aromatic rings. The van der Waals surface area contributed by atoms with Gasteiger partial charge in [-0.3, -0.25) is 0 Å². The number of nitrogens with zero attached hydrogens (tertiary/aromatic N) is 3. The van der Waals surface area contributed by atoms with Crippen LogP contribution in [0.3, 0.4) is 0 Å². The number of ether oxygens (including phenoxy) is 2. The molecule has 0 amide bonds. The van der Waals surface area contributed by atoms with Crippen LogP contribution < -0.4 is 10.1 Å². The van der Waals surface area contributed by atoms with Gasteiger partial charge in [0.1, 0.15) is 18.1 Å². The number of hydrogen-bond donors (Lipinski definition) is 1. The highest BCUT2D eigenvalue weighted by molar-refractivity contribution is 5.96. The van der Waals surface area contributed by atoms with Crippen LogP contribution in [0.4, 0.5) is 5.95 Å². The van der Waals surface area contributed by atoms with Gasteiger partial charge in [-0.15, -0.1) is 0 Å². The maximum atomic E-state index is 13.0. The lowest BCUT2D eigenvalue weighted by Crippen LogP contribution is -2.31. The lowest BCUT2D eigenvalue weighted by Gasteiger charge is -2.30. The van der Waals surface area contributed by atoms with E-state index < -0.39 is 6.04 Å². The molecule has 0 spiro atoms. The standard InChI is InChI=1S/C21H22N4O3/c1-12(2)28-20(26)17-13(3)24-21-22-11-23-25(21)19(17)18-15-8-6-5-7-14(15)9-10-16(18)27-4/h5-12,19H,1-4H3,(H,22,23,24). The van der Waals surface area contributed by atoms with Crippen molar-refractivity contribution in [3.8, 4) is 5.75 Å². The number of allylic oxidation sites excluding steroid dienone is 1. The van der Waals surface area contributed by atoms with Crippen molar-refractivity contribution in [2.45, 2.75) is 32.9 Å². The fraction of sp³-hybridized carbons (Fsp3) is 0.286. The number of methoxy groups -OCH3 is 1. The lowest BCUT2D eigenvalue weighted by molar-refractivity contribution is -0.143. The molecule has 1 aromatic heterocycles. The van der Waals surface area contributed by atoms with Crippen LogP contribution in [0.2, 0.25) is 0 Å². The van der Waals surface area contributed by atoms with Gasteiger partial charge in [0.2, 0.25) is 5.95 Å². The molecule has 1 N–H and O–H groups in total. The Hall–Kier alpha value is -3.35. The van der Waals surface area contributed by atoms with Gasteiger partial charge in [-0.05, 0) is 37.6 Å². The number of rotatable bonds is 4. The highest BCUT2D eigenvalue weighted by atomic mass is 16.5. The predicted molar refractivity (Wildman–Crippen MR) is 106 cm³/mol. The van der Waals surface area contributed by atoms with E-state index in [2.05, 4.69) is 15.4 Å². The molecule has 0 saturated carbocycles. The summed E-state index contributed by atoms with van der Waals surface area (Å²) < 4.78 is 12.9. The summed E-state index contributed by atoms with van der Waals surface area (Å²) in [4.78, 5) is 17.3. The molecule has 0 aliphatic carbocycles. The molecule has 0 fully saturated rings. The van der Waals surface area contributed by atoms with Crippen LogP contribution in [0.5, 0.6) is 5.75 Å². The van der Waals surface area contributed by atoms with E-state index in [1.807, 2.05) is 57.2 Å². The largest absolute Gasteiger partial charge is 0.496 e. The fourth-order valence-corrected chi connectivity index (χ4v) is 3.64. The van der Waals surface area contributed by atoms with Gasteiger partial charge >= 0.3 is 5.97 Å². The number of fused-ring (bicyclic) bond motifs is 2. The van der Waals surface area contributed by atoms with Crippen LogP contribution in [0.25, 0.3) is 10.8 Å². The molecule has 144 valence electrons. The summed E-state index contributed by atoms with van der Waals surface area (Å²) in [6.07, 6.45) is 1.23. The van der Waals surface area contributed by atoms with E-state index in [0.29, 0.717) is 23.0 Å². The van der Waals surface area contributed by atoms with Crippen LogP contribution in [-0.4, -0.2) is 33.9 Å². The molecule has 4 rings (SSSR count). The maximum absolute atomic E-state index is 13.0. The summed E-state index contributed by atoms with van der Waals surface area (Å²) in [7, 11) is 1.62. The van der Waals surface area contributed by atoms with Crippen LogP contribution >= 0.6 is 0 Å². The Labute approximate surface area is 163 Å². The fourth-order valence-electron chi connectivity index (χ4n) is 3.64. The van der Waals surface area contributed by atoms with Gasteiger partial charge in [-0.2, -0.15) is 10.1 Å². The molecule has 1 aliphatic rings. The van der Waals surface area contributed by atoms with E-state index in [1.165, 1.54) is 6.33 Å². The molecule has 1 unspecified atom stereocenters. The number of carbonyl (C=O) groups excluding carboxylic acids is 1. The number of anilines is 1. The van der Waals surface area contributed by atoms with Crippen molar-refractivity contribution in [1.29, 1.82) is 0 Å². The summed E-state index contributed by atoms with van der Waals surface area (Å²) in [6.45, 7) is 5.51. The zero-order valence-electron chi connectivity index (χ0n) is 16.3. The highest BCUT2D eigenvalue weighted by Gasteiger charge is 2.37. The Morgan fingerprint density at radius 3 is 2.75 bits per heavy atom. The summed E-state index contributed by atoms with van der Waals surface area (Å²) in [6, 6.07) is 11.4. The van der Waals surface area contributed by atoms with Crippen molar-refractivity contribution >= 4 is 22.7 Å². The van der Waals surface area contributed by atoms with E-state index in [0.717, 1.165) is 16.3 Å². The highest BCUT2D eigenvalue weighted by Crippen LogP contribution is 2.42. The summed E-state index contributed by atoms with van der Waals surface area (Å²) >= 11 is 0. The molecule has 2 aromatic carbocycles. The number of benzene rings is 2. The summed E-state index contributed by atoms with van der Waals surface area (Å²) in [5.74, 6) is 0.856. The minimum atomic E-state index is -0.522. The molecule has 1 atom stereocenters. The third kappa shape index (κ3) is 2.89. The zero-order chi connectivity index (χ0) is 19.8. The summed E-state index contributed by atoms with van der Waals surface area (Å²) in [5.41, 5.74) is 2.02. The van der Waals surface area contributed by atoms with Gasteiger partial charge in [-0.25, -0.2) is 9.48 Å². The molecule has 7 nitrogen and oxygen atoms in total. The molecule has 0 bridgehead atoms. The number of hydrogen-bond acceptors (Lipinski definition) is 6. The normalized spacial score (nSPS) is 16.1. The van der Waals surface area contributed by atoms with Crippen molar-refractivity contribution in [1.82, 2.24) is 14.8 Å². The molecule has 28 heavy (non-hydrogen) atoms. The van der Waals surface area contributed by atoms with Gasteiger partial charge < -0.3 is 14.8 Å². The Morgan fingerprint density at radius 2 is 2.00 bits per heavy atom. The number of nitrogens with one attached hydrogen (secondary N) is 1. The number of aromatic nitrogens is 3. The molecule has 1 aliphatic heterocycles. The first-order chi connectivity index (χ1) is 13.5. The first kappa shape index (κ1) is 18.0. The van der Waals surface area contributed by atoms with Crippen LogP contribution in [-0.2, 0) is 9.53 Å². The first-order valence-corrected chi connectivity index (χ1v) is 9.15. The topological polar surface area (TPSA) is 78.3 Å². The zero-order valence-corrected chi connectivity index (χ0v) is 16.3. The van der Waals surface area contributed by atoms with Crippen molar-refractivity contribution in [2.75, 3.05) is 12.4 Å². The average molecular weight is 378 g/mol. The van der Waals surface area contributed by atoms with Crippen molar-refractivity contribution < 1.29 is 14.3 Å². The van der Waals surface area contributed by atoms with Gasteiger partial charge in [0.15, 0.2) is 0 Å². The van der Waals surface area contributed by atoms with E-state index in [-0.39, 0.29) is 12.1 Å². The second-order valence-electron chi connectivity index (χ2n) is 6.95. The second-order valence-corrected chi connectivity index (χ2v) is 6.95. The van der Waals surface area contributed by atoms with E-state index in [1.54, 1.807) is 11.8 Å². The van der Waals surface area contributed by atoms with Crippen molar-refractivity contribution in [3.63, 3.8) is 0 Å². The maximum Gasteiger partial charge on any atom is 0.338 e. The van der Waals surface area contributed by atoms with Gasteiger partial charge in [0.05, 0.1) is 18.8 Å². The van der Waals surface area contributed by atoms with E-state index >= 15 is 0 Å². The van der Waals surface area contributed by atoms with Crippen molar-refractivity contribution in [2.24, 2.45) is 0 Å². The number of carbonyl (C=O) groups is 1. The first-order valence-electron chi connectivity index (χ1n) is 9.15. The van der Waals surface area contributed by atoms with Crippen LogP contribution in [0.1, 0.15) is 32.4 Å². The summed E-state index contributed by atoms with van der Waals surface area (Å²) in [5, 5.41) is 9.58. The predicted octanol–water partition coefficient (Wildman–Crippen LogP) is 3.68. The Bertz CT molecular complexity index is 1080. The van der Waals surface area contributed by atoms with E-state index in [9.17, 15) is 4.79 Å². The lowest BCUT2D eigenvalue weighted by atomic mass is 9.90. The van der Waals surface area contributed by atoms with Crippen LogP contribution in [0.15, 0.2) is 54.0 Å². The molecular formula is C21H22N4O3. The Kier molecular flexibility index (Phi) is 4.50. The molecule has 0 saturated heterocycles. The quantitative estimate of drug-likeness (QED) is 0.698. The van der Waals surface area contributed by atoms with Crippen molar-refractivity contribution in [3.05, 3.63) is 59.6 Å². The molecular weight excluding hydrogens is 356 g/mol. The third-order valence-electron chi connectivity index (χ3n) is 4.78. The Morgan fingerprint density at radius 1 is 1.21 bits per heavy atom. The monoisotopic (exact) mass is 378 g/mol. The molecule has 2 heterocycles. The Balaban J connectivity index is 2.01. The molecule has 7 heteroatoms. The second kappa shape index (κ2) is 6.99. The van der Waals surface area contributed by atoms with Gasteiger partial charge in [0, 0.05) is 11.3 Å². The van der Waals surface area contributed by atoms with E-state index in [4.69, 9.17) is 9.47 Å². The smallest absolute Gasteiger partial charge is 0.338 e. The minimum Gasteiger partial charge on any atom is -0.496 e. The minimum absolute atomic E-state index is 0.236. The third-order valence-corrected chi connectivity index (χ3v) is 4.78. The average Bonchev–Trinajstić information content (AvgIpc) is 3.13. The molecule has 0 radical (unpaired) electrons. The van der Waals surface area contributed by atoms with Gasteiger partial charge in [-0.1, -0.05) is 30.3 Å². The SMILES string of the molecule is COc1ccc2ccccc2c1C1C(C(=O)OC(C)C)=C(C)Nc2ncnn21. The van der Waals surface area contributed by atoms with Crippen LogP contribution in [0, 0.1) is 0 Å². The number of esters is 1. The van der Waals surface area contributed by atoms with Gasteiger partial charge in [0.25, 0.3) is 0 Å².